The molecule has 0 fully saturated rings. The van der Waals surface area contributed by atoms with Crippen LogP contribution >= 0.6 is 11.6 Å². The first-order valence-corrected chi connectivity index (χ1v) is 5.77. The standard InChI is InChI=1S/C14H9ClF2O2/c1-7-10(4-9(14(18)19)6-13(7)17)8-2-3-12(16)11(15)5-8/h2-6H,1H3,(H,18,19). The van der Waals surface area contributed by atoms with Gasteiger partial charge in [0.15, 0.2) is 0 Å². The molecule has 0 bridgehead atoms. The largest absolute Gasteiger partial charge is 0.478 e. The summed E-state index contributed by atoms with van der Waals surface area (Å²) in [7, 11) is 0. The van der Waals surface area contributed by atoms with E-state index in [1.54, 1.807) is 0 Å². The van der Waals surface area contributed by atoms with Crippen molar-refractivity contribution in [1.82, 2.24) is 0 Å². The molecule has 0 saturated carbocycles. The Morgan fingerprint density at radius 3 is 2.42 bits per heavy atom. The molecule has 2 rings (SSSR count). The van der Waals surface area contributed by atoms with Crippen molar-refractivity contribution < 1.29 is 18.7 Å². The molecule has 2 nitrogen and oxygen atoms in total. The van der Waals surface area contributed by atoms with Crippen molar-refractivity contribution >= 4 is 17.6 Å². The van der Waals surface area contributed by atoms with Crippen molar-refractivity contribution in [3.63, 3.8) is 0 Å². The topological polar surface area (TPSA) is 37.3 Å². The van der Waals surface area contributed by atoms with E-state index in [4.69, 9.17) is 16.7 Å². The molecule has 0 unspecified atom stereocenters. The molecule has 98 valence electrons. The Labute approximate surface area is 113 Å². The smallest absolute Gasteiger partial charge is 0.335 e. The lowest BCUT2D eigenvalue weighted by atomic mass is 9.97. The van der Waals surface area contributed by atoms with Gasteiger partial charge in [0.05, 0.1) is 10.6 Å². The number of hydrogen-bond acceptors (Lipinski definition) is 1. The summed E-state index contributed by atoms with van der Waals surface area (Å²) in [5.41, 5.74) is 0.955. The third-order valence-electron chi connectivity index (χ3n) is 2.82. The summed E-state index contributed by atoms with van der Waals surface area (Å²) in [6, 6.07) is 6.21. The molecule has 19 heavy (non-hydrogen) atoms. The van der Waals surface area contributed by atoms with Gasteiger partial charge in [-0.15, -0.1) is 0 Å². The average molecular weight is 283 g/mol. The summed E-state index contributed by atoms with van der Waals surface area (Å²) in [6.45, 7) is 1.52. The fraction of sp³-hybridized carbons (Fsp3) is 0.0714. The number of carbonyl (C=O) groups is 1. The van der Waals surface area contributed by atoms with Gasteiger partial charge in [0.1, 0.15) is 11.6 Å². The molecule has 0 aromatic heterocycles. The van der Waals surface area contributed by atoms with Crippen LogP contribution in [0.15, 0.2) is 30.3 Å². The molecule has 0 aliphatic rings. The van der Waals surface area contributed by atoms with E-state index in [9.17, 15) is 13.6 Å². The highest BCUT2D eigenvalue weighted by Gasteiger charge is 2.13. The highest BCUT2D eigenvalue weighted by molar-refractivity contribution is 6.31. The molecular formula is C14H9ClF2O2. The van der Waals surface area contributed by atoms with Crippen molar-refractivity contribution in [2.24, 2.45) is 0 Å². The Morgan fingerprint density at radius 2 is 1.84 bits per heavy atom. The number of benzene rings is 2. The van der Waals surface area contributed by atoms with E-state index in [2.05, 4.69) is 0 Å². The monoisotopic (exact) mass is 282 g/mol. The first-order chi connectivity index (χ1) is 8.90. The van der Waals surface area contributed by atoms with Crippen LogP contribution in [0.25, 0.3) is 11.1 Å². The van der Waals surface area contributed by atoms with Gasteiger partial charge in [-0.1, -0.05) is 17.7 Å². The van der Waals surface area contributed by atoms with E-state index < -0.39 is 17.6 Å². The highest BCUT2D eigenvalue weighted by atomic mass is 35.5. The number of halogens is 3. The predicted octanol–water partition coefficient (Wildman–Crippen LogP) is 4.29. The van der Waals surface area contributed by atoms with Gasteiger partial charge < -0.3 is 5.11 Å². The fourth-order valence-electron chi connectivity index (χ4n) is 1.77. The molecular weight excluding hydrogens is 274 g/mol. The van der Waals surface area contributed by atoms with E-state index in [-0.39, 0.29) is 16.1 Å². The molecule has 1 N–H and O–H groups in total. The van der Waals surface area contributed by atoms with E-state index >= 15 is 0 Å². The van der Waals surface area contributed by atoms with Gasteiger partial charge in [0, 0.05) is 0 Å². The molecule has 5 heteroatoms. The Bertz CT molecular complexity index is 669. The van der Waals surface area contributed by atoms with Crippen LogP contribution in [0.5, 0.6) is 0 Å². The maximum atomic E-state index is 13.7. The van der Waals surface area contributed by atoms with Crippen molar-refractivity contribution in [2.75, 3.05) is 0 Å². The van der Waals surface area contributed by atoms with Crippen LogP contribution in [-0.2, 0) is 0 Å². The molecule has 0 atom stereocenters. The molecule has 0 amide bonds. The second-order valence-corrected chi connectivity index (χ2v) is 4.47. The number of carboxylic acid groups (broad SMARTS) is 1. The first kappa shape index (κ1) is 13.5. The fourth-order valence-corrected chi connectivity index (χ4v) is 1.95. The Morgan fingerprint density at radius 1 is 1.16 bits per heavy atom. The van der Waals surface area contributed by atoms with Gasteiger partial charge in [0.25, 0.3) is 0 Å². The van der Waals surface area contributed by atoms with Crippen LogP contribution in [0.3, 0.4) is 0 Å². The van der Waals surface area contributed by atoms with Crippen LogP contribution in [0.2, 0.25) is 5.02 Å². The normalized spacial score (nSPS) is 10.5. The lowest BCUT2D eigenvalue weighted by Crippen LogP contribution is -2.00. The average Bonchev–Trinajstić information content (AvgIpc) is 2.35. The number of rotatable bonds is 2. The van der Waals surface area contributed by atoms with Gasteiger partial charge >= 0.3 is 5.97 Å². The third-order valence-corrected chi connectivity index (χ3v) is 3.11. The molecule has 0 heterocycles. The van der Waals surface area contributed by atoms with Gasteiger partial charge in [-0.2, -0.15) is 0 Å². The van der Waals surface area contributed by atoms with Crippen LogP contribution in [-0.4, -0.2) is 11.1 Å². The lowest BCUT2D eigenvalue weighted by Gasteiger charge is -2.09. The van der Waals surface area contributed by atoms with Crippen LogP contribution in [0.1, 0.15) is 15.9 Å². The zero-order valence-corrected chi connectivity index (χ0v) is 10.6. The van der Waals surface area contributed by atoms with E-state index in [0.29, 0.717) is 11.1 Å². The number of aromatic carboxylic acids is 1. The predicted molar refractivity (Wildman–Crippen MR) is 68.5 cm³/mol. The second-order valence-electron chi connectivity index (χ2n) is 4.06. The maximum absolute atomic E-state index is 13.7. The van der Waals surface area contributed by atoms with Crippen LogP contribution < -0.4 is 0 Å². The van der Waals surface area contributed by atoms with Crippen molar-refractivity contribution in [3.05, 3.63) is 58.1 Å². The van der Waals surface area contributed by atoms with Gasteiger partial charge in [0.2, 0.25) is 0 Å². The van der Waals surface area contributed by atoms with E-state index in [1.807, 2.05) is 0 Å². The van der Waals surface area contributed by atoms with Crippen LogP contribution in [0, 0.1) is 18.6 Å². The number of carboxylic acids is 1. The lowest BCUT2D eigenvalue weighted by molar-refractivity contribution is 0.0696. The van der Waals surface area contributed by atoms with Crippen LogP contribution in [0.4, 0.5) is 8.78 Å². The minimum absolute atomic E-state index is 0.0990. The minimum Gasteiger partial charge on any atom is -0.478 e. The van der Waals surface area contributed by atoms with Crippen molar-refractivity contribution in [1.29, 1.82) is 0 Å². The van der Waals surface area contributed by atoms with E-state index in [1.165, 1.54) is 25.1 Å². The second kappa shape index (κ2) is 4.97. The summed E-state index contributed by atoms with van der Waals surface area (Å²) in [4.78, 5) is 10.9. The molecule has 2 aromatic carbocycles. The van der Waals surface area contributed by atoms with Crippen molar-refractivity contribution in [3.8, 4) is 11.1 Å². The molecule has 0 saturated heterocycles. The quantitative estimate of drug-likeness (QED) is 0.892. The number of hydrogen-bond donors (Lipinski definition) is 1. The van der Waals surface area contributed by atoms with Gasteiger partial charge in [-0.05, 0) is 47.9 Å². The SMILES string of the molecule is Cc1c(F)cc(C(=O)O)cc1-c1ccc(F)c(Cl)c1. The molecule has 0 radical (unpaired) electrons. The van der Waals surface area contributed by atoms with E-state index in [0.717, 1.165) is 12.1 Å². The molecule has 0 spiro atoms. The molecule has 2 aromatic rings. The first-order valence-electron chi connectivity index (χ1n) is 5.39. The Balaban J connectivity index is 2.66. The zero-order valence-electron chi connectivity index (χ0n) is 9.88. The Kier molecular flexibility index (Phi) is 3.53. The minimum atomic E-state index is -1.23. The van der Waals surface area contributed by atoms with Gasteiger partial charge in [-0.25, -0.2) is 13.6 Å². The summed E-state index contributed by atoms with van der Waals surface area (Å²) in [6.07, 6.45) is 0. The zero-order chi connectivity index (χ0) is 14.2. The summed E-state index contributed by atoms with van der Waals surface area (Å²) >= 11 is 5.67. The summed E-state index contributed by atoms with van der Waals surface area (Å²) < 4.78 is 26.8. The van der Waals surface area contributed by atoms with Crippen molar-refractivity contribution in [2.45, 2.75) is 6.92 Å². The maximum Gasteiger partial charge on any atom is 0.335 e. The molecule has 0 aliphatic carbocycles. The molecule has 0 aliphatic heterocycles. The summed E-state index contributed by atoms with van der Waals surface area (Å²) in [5.74, 6) is -2.44. The Hall–Kier alpha value is -1.94. The highest BCUT2D eigenvalue weighted by Crippen LogP contribution is 2.29. The van der Waals surface area contributed by atoms with Gasteiger partial charge in [-0.3, -0.25) is 0 Å². The summed E-state index contributed by atoms with van der Waals surface area (Å²) in [5, 5.41) is 8.82. The third kappa shape index (κ3) is 2.58.